The van der Waals surface area contributed by atoms with Crippen molar-refractivity contribution < 1.29 is 14.7 Å². The van der Waals surface area contributed by atoms with Gasteiger partial charge in [-0.25, -0.2) is 0 Å². The molecule has 0 bridgehead atoms. The molecule has 0 heterocycles. The highest BCUT2D eigenvalue weighted by Gasteiger charge is 2.23. The van der Waals surface area contributed by atoms with Gasteiger partial charge in [-0.2, -0.15) is 0 Å². The fourth-order valence-electron chi connectivity index (χ4n) is 2.81. The summed E-state index contributed by atoms with van der Waals surface area (Å²) >= 11 is 0. The molecule has 3 atom stereocenters. The second kappa shape index (κ2) is 9.02. The monoisotopic (exact) mass is 339 g/mol. The lowest BCUT2D eigenvalue weighted by molar-refractivity contribution is -0.142. The Morgan fingerprint density at radius 1 is 0.960 bits per heavy atom. The fraction of sp³-hybridized carbons (Fsp3) is 0.333. The normalized spacial score (nSPS) is 14.3. The van der Waals surface area contributed by atoms with E-state index in [1.54, 1.807) is 13.8 Å². The smallest absolute Gasteiger partial charge is 0.308 e. The molecule has 0 radical (unpaired) electrons. The number of benzene rings is 2. The third-order valence-corrected chi connectivity index (χ3v) is 4.56. The van der Waals surface area contributed by atoms with E-state index in [0.717, 1.165) is 12.0 Å². The number of carbonyl (C=O) groups is 2. The SMILES string of the molecule is CC(NC(=O)CC(Cc1ccccc1)c1ccccc1)C(C)C(=O)O. The molecule has 0 saturated carbocycles. The third-order valence-electron chi connectivity index (χ3n) is 4.56. The summed E-state index contributed by atoms with van der Waals surface area (Å²) in [5.41, 5.74) is 2.29. The second-order valence-corrected chi connectivity index (χ2v) is 6.48. The lowest BCUT2D eigenvalue weighted by Gasteiger charge is -2.21. The van der Waals surface area contributed by atoms with E-state index in [1.165, 1.54) is 5.56 Å². The molecule has 0 aliphatic heterocycles. The van der Waals surface area contributed by atoms with Crippen LogP contribution in [0.5, 0.6) is 0 Å². The molecular formula is C21H25NO3. The number of amides is 1. The van der Waals surface area contributed by atoms with Crippen LogP contribution in [0.1, 0.15) is 37.3 Å². The Morgan fingerprint density at radius 3 is 2.08 bits per heavy atom. The molecule has 0 saturated heterocycles. The van der Waals surface area contributed by atoms with Gasteiger partial charge in [-0.1, -0.05) is 60.7 Å². The molecule has 2 aromatic rings. The van der Waals surface area contributed by atoms with E-state index in [0.29, 0.717) is 6.42 Å². The molecule has 0 spiro atoms. The van der Waals surface area contributed by atoms with Crippen molar-refractivity contribution in [1.29, 1.82) is 0 Å². The zero-order valence-electron chi connectivity index (χ0n) is 14.7. The molecule has 2 N–H and O–H groups in total. The van der Waals surface area contributed by atoms with Gasteiger partial charge in [0.05, 0.1) is 5.92 Å². The fourth-order valence-corrected chi connectivity index (χ4v) is 2.81. The number of carbonyl (C=O) groups excluding carboxylic acids is 1. The molecule has 0 aliphatic carbocycles. The highest BCUT2D eigenvalue weighted by molar-refractivity contribution is 5.78. The van der Waals surface area contributed by atoms with Crippen LogP contribution in [-0.4, -0.2) is 23.0 Å². The molecule has 132 valence electrons. The van der Waals surface area contributed by atoms with Crippen LogP contribution in [0.4, 0.5) is 0 Å². The molecule has 0 aromatic heterocycles. The van der Waals surface area contributed by atoms with Gasteiger partial charge in [0.2, 0.25) is 5.91 Å². The maximum absolute atomic E-state index is 12.5. The first kappa shape index (κ1) is 18.7. The van der Waals surface area contributed by atoms with Gasteiger partial charge in [-0.3, -0.25) is 9.59 Å². The van der Waals surface area contributed by atoms with Crippen LogP contribution in [0.3, 0.4) is 0 Å². The maximum Gasteiger partial charge on any atom is 0.308 e. The number of hydrogen-bond acceptors (Lipinski definition) is 2. The van der Waals surface area contributed by atoms with Gasteiger partial charge in [-0.15, -0.1) is 0 Å². The van der Waals surface area contributed by atoms with Gasteiger partial charge in [-0.05, 0) is 37.3 Å². The highest BCUT2D eigenvalue weighted by Crippen LogP contribution is 2.24. The van der Waals surface area contributed by atoms with Crippen molar-refractivity contribution in [2.24, 2.45) is 5.92 Å². The molecule has 4 nitrogen and oxygen atoms in total. The van der Waals surface area contributed by atoms with Crippen molar-refractivity contribution in [2.45, 2.75) is 38.6 Å². The van der Waals surface area contributed by atoms with Crippen molar-refractivity contribution >= 4 is 11.9 Å². The number of carboxylic acid groups (broad SMARTS) is 1. The molecule has 25 heavy (non-hydrogen) atoms. The largest absolute Gasteiger partial charge is 0.481 e. The van der Waals surface area contributed by atoms with Crippen molar-refractivity contribution in [2.75, 3.05) is 0 Å². The first-order valence-corrected chi connectivity index (χ1v) is 8.58. The van der Waals surface area contributed by atoms with Crippen LogP contribution in [0.25, 0.3) is 0 Å². The van der Waals surface area contributed by atoms with Crippen molar-refractivity contribution in [3.8, 4) is 0 Å². The summed E-state index contributed by atoms with van der Waals surface area (Å²) in [7, 11) is 0. The lowest BCUT2D eigenvalue weighted by atomic mass is 9.89. The summed E-state index contributed by atoms with van der Waals surface area (Å²) < 4.78 is 0. The van der Waals surface area contributed by atoms with Crippen LogP contribution in [-0.2, 0) is 16.0 Å². The summed E-state index contributed by atoms with van der Waals surface area (Å²) in [6.07, 6.45) is 1.09. The summed E-state index contributed by atoms with van der Waals surface area (Å²) in [5, 5.41) is 11.9. The van der Waals surface area contributed by atoms with E-state index in [1.807, 2.05) is 48.5 Å². The highest BCUT2D eigenvalue weighted by atomic mass is 16.4. The van der Waals surface area contributed by atoms with E-state index in [2.05, 4.69) is 17.4 Å². The number of hydrogen-bond donors (Lipinski definition) is 2. The lowest BCUT2D eigenvalue weighted by Crippen LogP contribution is -2.40. The predicted octanol–water partition coefficient (Wildman–Crippen LogP) is 3.63. The average molecular weight is 339 g/mol. The number of rotatable bonds is 8. The van der Waals surface area contributed by atoms with Gasteiger partial charge in [0, 0.05) is 12.5 Å². The van der Waals surface area contributed by atoms with Gasteiger partial charge in [0.1, 0.15) is 0 Å². The predicted molar refractivity (Wildman–Crippen MR) is 98.4 cm³/mol. The Balaban J connectivity index is 2.08. The number of nitrogens with one attached hydrogen (secondary N) is 1. The Labute approximate surface area is 148 Å². The van der Waals surface area contributed by atoms with E-state index < -0.39 is 17.9 Å². The van der Waals surface area contributed by atoms with Crippen LogP contribution in [0, 0.1) is 5.92 Å². The van der Waals surface area contributed by atoms with Crippen LogP contribution in [0.2, 0.25) is 0 Å². The number of aliphatic carboxylic acids is 1. The van der Waals surface area contributed by atoms with Crippen LogP contribution >= 0.6 is 0 Å². The van der Waals surface area contributed by atoms with Crippen LogP contribution in [0.15, 0.2) is 60.7 Å². The first-order valence-electron chi connectivity index (χ1n) is 8.58. The Hall–Kier alpha value is -2.62. The first-order chi connectivity index (χ1) is 12.0. The molecular weight excluding hydrogens is 314 g/mol. The Morgan fingerprint density at radius 2 is 1.52 bits per heavy atom. The zero-order valence-corrected chi connectivity index (χ0v) is 14.7. The number of carboxylic acids is 1. The van der Waals surface area contributed by atoms with Crippen molar-refractivity contribution in [3.63, 3.8) is 0 Å². The van der Waals surface area contributed by atoms with Gasteiger partial charge in [0.15, 0.2) is 0 Å². The summed E-state index contributed by atoms with van der Waals surface area (Å²) in [5.74, 6) is -1.59. The van der Waals surface area contributed by atoms with Gasteiger partial charge >= 0.3 is 5.97 Å². The minimum Gasteiger partial charge on any atom is -0.481 e. The zero-order chi connectivity index (χ0) is 18.2. The average Bonchev–Trinajstić information content (AvgIpc) is 2.62. The molecule has 0 aliphatic rings. The summed E-state index contributed by atoms with van der Waals surface area (Å²) in [4.78, 5) is 23.5. The minimum atomic E-state index is -0.906. The van der Waals surface area contributed by atoms with E-state index in [-0.39, 0.29) is 11.8 Å². The topological polar surface area (TPSA) is 66.4 Å². The minimum absolute atomic E-state index is 0.0518. The standard InChI is InChI=1S/C21H25NO3/c1-15(21(24)25)16(2)22-20(23)14-19(18-11-7-4-8-12-18)13-17-9-5-3-6-10-17/h3-12,15-16,19H,13-14H2,1-2H3,(H,22,23)(H,24,25). The van der Waals surface area contributed by atoms with Crippen LogP contribution < -0.4 is 5.32 Å². The third kappa shape index (κ3) is 5.75. The van der Waals surface area contributed by atoms with Gasteiger partial charge < -0.3 is 10.4 Å². The Kier molecular flexibility index (Phi) is 6.75. The molecule has 0 fully saturated rings. The van der Waals surface area contributed by atoms with E-state index >= 15 is 0 Å². The molecule has 4 heteroatoms. The van der Waals surface area contributed by atoms with Crippen molar-refractivity contribution in [1.82, 2.24) is 5.32 Å². The maximum atomic E-state index is 12.5. The molecule has 3 unspecified atom stereocenters. The summed E-state index contributed by atoms with van der Waals surface area (Å²) in [6, 6.07) is 19.6. The molecule has 1 amide bonds. The Bertz CT molecular complexity index is 685. The van der Waals surface area contributed by atoms with E-state index in [4.69, 9.17) is 5.11 Å². The summed E-state index contributed by atoms with van der Waals surface area (Å²) in [6.45, 7) is 3.33. The van der Waals surface area contributed by atoms with Crippen molar-refractivity contribution in [3.05, 3.63) is 71.8 Å². The quantitative estimate of drug-likeness (QED) is 0.772. The van der Waals surface area contributed by atoms with Gasteiger partial charge in [0.25, 0.3) is 0 Å². The van der Waals surface area contributed by atoms with E-state index in [9.17, 15) is 9.59 Å². The molecule has 2 aromatic carbocycles. The second-order valence-electron chi connectivity index (χ2n) is 6.48. The molecule has 2 rings (SSSR count).